The number of rotatable bonds is 9. The third-order valence-electron chi connectivity index (χ3n) is 6.13. The molecule has 2 heterocycles. The number of alkyl halides is 3. The maximum Gasteiger partial charge on any atom is 0.419 e. The third kappa shape index (κ3) is 6.94. The number of amides is 1. The van der Waals surface area contributed by atoms with Gasteiger partial charge in [-0.2, -0.15) is 17.5 Å². The van der Waals surface area contributed by atoms with Gasteiger partial charge in [-0.05, 0) is 56.0 Å². The molecule has 0 unspecified atom stereocenters. The highest BCUT2D eigenvalue weighted by atomic mass is 32.2. The smallest absolute Gasteiger partial charge is 0.419 e. The first-order valence-electron chi connectivity index (χ1n) is 11.5. The Kier molecular flexibility index (Phi) is 8.60. The van der Waals surface area contributed by atoms with E-state index in [4.69, 9.17) is 4.74 Å². The Morgan fingerprint density at radius 1 is 1.19 bits per heavy atom. The number of nitrogens with zero attached hydrogens (tertiary/aromatic N) is 2. The van der Waals surface area contributed by atoms with Crippen molar-refractivity contribution in [3.05, 3.63) is 54.1 Å². The van der Waals surface area contributed by atoms with Crippen LogP contribution in [0.3, 0.4) is 0 Å². The lowest BCUT2D eigenvalue weighted by atomic mass is 9.86. The zero-order valence-electron chi connectivity index (χ0n) is 20.0. The molecule has 36 heavy (non-hydrogen) atoms. The number of pyridine rings is 1. The van der Waals surface area contributed by atoms with Crippen LogP contribution in [0.25, 0.3) is 0 Å². The summed E-state index contributed by atoms with van der Waals surface area (Å²) in [5.41, 5.74) is -2.17. The van der Waals surface area contributed by atoms with E-state index in [-0.39, 0.29) is 42.3 Å². The highest BCUT2D eigenvalue weighted by Crippen LogP contribution is 2.34. The first-order valence-corrected chi connectivity index (χ1v) is 13.0. The topological polar surface area (TPSA) is 88.6 Å². The molecule has 0 spiro atoms. The van der Waals surface area contributed by atoms with Gasteiger partial charge in [0.25, 0.3) is 0 Å². The maximum atomic E-state index is 13.4. The number of hydrogen-bond acceptors (Lipinski definition) is 5. The second-order valence-electron chi connectivity index (χ2n) is 9.32. The van der Waals surface area contributed by atoms with Crippen molar-refractivity contribution in [2.24, 2.45) is 5.41 Å². The summed E-state index contributed by atoms with van der Waals surface area (Å²) in [6.07, 6.45) is -0.279. The monoisotopic (exact) mass is 531 g/mol. The van der Waals surface area contributed by atoms with E-state index in [9.17, 15) is 30.8 Å². The molecule has 0 saturated carbocycles. The fraction of sp³-hybridized carbons (Fsp3) is 0.500. The highest BCUT2D eigenvalue weighted by molar-refractivity contribution is 7.89. The van der Waals surface area contributed by atoms with Crippen LogP contribution in [0.2, 0.25) is 0 Å². The van der Waals surface area contributed by atoms with Crippen molar-refractivity contribution in [3.63, 3.8) is 0 Å². The van der Waals surface area contributed by atoms with Gasteiger partial charge in [0, 0.05) is 36.9 Å². The lowest BCUT2D eigenvalue weighted by Gasteiger charge is -2.33. The number of aromatic nitrogens is 1. The van der Waals surface area contributed by atoms with Crippen molar-refractivity contribution in [2.45, 2.75) is 56.6 Å². The Labute approximate surface area is 207 Å². The Balaban J connectivity index is 1.45. The van der Waals surface area contributed by atoms with E-state index in [0.29, 0.717) is 37.8 Å². The molecule has 1 aromatic heterocycles. The van der Waals surface area contributed by atoms with Crippen LogP contribution in [0.4, 0.5) is 17.6 Å². The summed E-state index contributed by atoms with van der Waals surface area (Å²) in [4.78, 5) is 16.8. The molecule has 1 saturated heterocycles. The predicted molar refractivity (Wildman–Crippen MR) is 124 cm³/mol. The molecule has 0 bridgehead atoms. The molecule has 1 aliphatic rings. The van der Waals surface area contributed by atoms with Gasteiger partial charge in [-0.25, -0.2) is 12.8 Å². The summed E-state index contributed by atoms with van der Waals surface area (Å²) in [7, 11) is -3.63. The van der Waals surface area contributed by atoms with Crippen molar-refractivity contribution in [2.75, 3.05) is 19.7 Å². The normalized spacial score (nSPS) is 16.1. The number of piperidine rings is 1. The van der Waals surface area contributed by atoms with Gasteiger partial charge in [-0.3, -0.25) is 9.78 Å². The van der Waals surface area contributed by atoms with E-state index in [1.54, 1.807) is 19.9 Å². The first kappa shape index (κ1) is 27.9. The molecule has 1 aliphatic heterocycles. The van der Waals surface area contributed by atoms with Gasteiger partial charge in [0.2, 0.25) is 15.9 Å². The Morgan fingerprint density at radius 2 is 1.89 bits per heavy atom. The van der Waals surface area contributed by atoms with E-state index < -0.39 is 33.0 Å². The molecule has 1 N–H and O–H groups in total. The summed E-state index contributed by atoms with van der Waals surface area (Å²) in [5, 5.41) is 2.98. The molecule has 0 radical (unpaired) electrons. The second-order valence-corrected chi connectivity index (χ2v) is 11.3. The molecule has 12 heteroatoms. The van der Waals surface area contributed by atoms with E-state index >= 15 is 0 Å². The number of carbonyl (C=O) groups excluding carboxylic acids is 1. The van der Waals surface area contributed by atoms with E-state index in [1.165, 1.54) is 22.8 Å². The van der Waals surface area contributed by atoms with Crippen LogP contribution >= 0.6 is 0 Å². The Hall–Kier alpha value is -2.73. The van der Waals surface area contributed by atoms with Crippen molar-refractivity contribution >= 4 is 15.9 Å². The first-order chi connectivity index (χ1) is 16.8. The molecule has 0 aliphatic carbocycles. The number of ether oxygens (including phenoxy) is 1. The molecular weight excluding hydrogens is 502 g/mol. The summed E-state index contributed by atoms with van der Waals surface area (Å²) in [6.45, 7) is 4.11. The van der Waals surface area contributed by atoms with Gasteiger partial charge in [0.05, 0.1) is 12.2 Å². The number of carbonyl (C=O) groups is 1. The molecule has 7 nitrogen and oxygen atoms in total. The van der Waals surface area contributed by atoms with Crippen molar-refractivity contribution in [1.29, 1.82) is 0 Å². The average molecular weight is 532 g/mol. The SMILES string of the molecule is CC(C)(CCCOc1ccc(F)c(C(F)(F)F)c1)C(=O)NC1CCN(S(=O)(=O)c2cccnc2)CC1. The van der Waals surface area contributed by atoms with Crippen LogP contribution in [0.5, 0.6) is 5.75 Å². The number of halogens is 4. The van der Waals surface area contributed by atoms with Crippen LogP contribution in [-0.4, -0.2) is 49.4 Å². The van der Waals surface area contributed by atoms with Crippen LogP contribution in [-0.2, 0) is 21.0 Å². The fourth-order valence-electron chi connectivity index (χ4n) is 3.90. The molecule has 1 amide bonds. The van der Waals surface area contributed by atoms with E-state index in [1.807, 2.05) is 0 Å². The van der Waals surface area contributed by atoms with Crippen molar-refractivity contribution in [1.82, 2.24) is 14.6 Å². The molecule has 3 rings (SSSR count). The molecular formula is C24H29F4N3O4S. The predicted octanol–water partition coefficient (Wildman–Crippen LogP) is 4.39. The number of nitrogens with one attached hydrogen (secondary N) is 1. The minimum atomic E-state index is -4.82. The van der Waals surface area contributed by atoms with Gasteiger partial charge < -0.3 is 10.1 Å². The Morgan fingerprint density at radius 3 is 2.50 bits per heavy atom. The largest absolute Gasteiger partial charge is 0.494 e. The zero-order valence-corrected chi connectivity index (χ0v) is 20.8. The van der Waals surface area contributed by atoms with Gasteiger partial charge in [0.15, 0.2) is 0 Å². The minimum Gasteiger partial charge on any atom is -0.494 e. The Bertz CT molecular complexity index is 1150. The molecule has 198 valence electrons. The summed E-state index contributed by atoms with van der Waals surface area (Å²) < 4.78 is 84.1. The molecule has 1 aromatic carbocycles. The number of hydrogen-bond donors (Lipinski definition) is 1. The number of sulfonamides is 1. The fourth-order valence-corrected chi connectivity index (χ4v) is 5.33. The van der Waals surface area contributed by atoms with Gasteiger partial charge in [-0.15, -0.1) is 0 Å². The lowest BCUT2D eigenvalue weighted by molar-refractivity contribution is -0.140. The summed E-state index contributed by atoms with van der Waals surface area (Å²) >= 11 is 0. The molecule has 1 fully saturated rings. The lowest BCUT2D eigenvalue weighted by Crippen LogP contribution is -2.49. The van der Waals surface area contributed by atoms with Crippen LogP contribution in [0, 0.1) is 11.2 Å². The standard InChI is InChI=1S/C24H29F4N3O4S/c1-23(2,10-4-14-35-18-6-7-21(25)20(15-18)24(26,27)28)22(32)30-17-8-12-31(13-9-17)36(33,34)19-5-3-11-29-16-19/h3,5-7,11,15-17H,4,8-10,12-14H2,1-2H3,(H,30,32). The third-order valence-corrected chi connectivity index (χ3v) is 8.02. The average Bonchev–Trinajstić information content (AvgIpc) is 2.83. The van der Waals surface area contributed by atoms with Crippen LogP contribution < -0.4 is 10.1 Å². The minimum absolute atomic E-state index is 0.0598. The zero-order chi connectivity index (χ0) is 26.6. The summed E-state index contributed by atoms with van der Waals surface area (Å²) in [6, 6.07) is 5.34. The second kappa shape index (κ2) is 11.1. The maximum absolute atomic E-state index is 13.4. The van der Waals surface area contributed by atoms with Gasteiger partial charge in [0.1, 0.15) is 16.5 Å². The van der Waals surface area contributed by atoms with E-state index in [0.717, 1.165) is 6.07 Å². The van der Waals surface area contributed by atoms with E-state index in [2.05, 4.69) is 10.3 Å². The van der Waals surface area contributed by atoms with Gasteiger partial charge >= 0.3 is 6.18 Å². The highest BCUT2D eigenvalue weighted by Gasteiger charge is 2.35. The van der Waals surface area contributed by atoms with Gasteiger partial charge in [-0.1, -0.05) is 13.8 Å². The summed E-state index contributed by atoms with van der Waals surface area (Å²) in [5.74, 6) is -1.66. The van der Waals surface area contributed by atoms with Crippen LogP contribution in [0.1, 0.15) is 45.1 Å². The van der Waals surface area contributed by atoms with Crippen molar-refractivity contribution in [3.8, 4) is 5.75 Å². The van der Waals surface area contributed by atoms with Crippen molar-refractivity contribution < 1.29 is 35.5 Å². The number of benzene rings is 1. The molecule has 2 aromatic rings. The quantitative estimate of drug-likeness (QED) is 0.383. The molecule has 0 atom stereocenters. The van der Waals surface area contributed by atoms with Crippen LogP contribution in [0.15, 0.2) is 47.6 Å².